The van der Waals surface area contributed by atoms with Crippen LogP contribution in [0.25, 0.3) is 27.6 Å². The third-order valence-corrected chi connectivity index (χ3v) is 5.64. The molecule has 5 aromatic rings. The number of imidazole rings is 1. The number of hydrogen-bond donors (Lipinski definition) is 2. The van der Waals surface area contributed by atoms with E-state index in [0.29, 0.717) is 40.2 Å². The lowest BCUT2D eigenvalue weighted by Gasteiger charge is -2.23. The summed E-state index contributed by atoms with van der Waals surface area (Å²) in [5.41, 5.74) is 3.11. The zero-order chi connectivity index (χ0) is 22.2. The molecule has 0 spiro atoms. The third-order valence-electron chi connectivity index (χ3n) is 5.64. The quantitative estimate of drug-likeness (QED) is 0.425. The number of anilines is 1. The van der Waals surface area contributed by atoms with E-state index < -0.39 is 5.82 Å². The summed E-state index contributed by atoms with van der Waals surface area (Å²) >= 11 is 0. The van der Waals surface area contributed by atoms with Gasteiger partial charge in [0, 0.05) is 5.69 Å². The van der Waals surface area contributed by atoms with E-state index in [2.05, 4.69) is 25.3 Å². The molecule has 160 valence electrons. The van der Waals surface area contributed by atoms with E-state index >= 15 is 0 Å². The largest absolute Gasteiger partial charge is 0.360 e. The predicted octanol–water partition coefficient (Wildman–Crippen LogP) is 4.67. The number of aryl methyl sites for hydroxylation is 1. The molecule has 0 fully saturated rings. The number of pyridine rings is 1. The van der Waals surface area contributed by atoms with Crippen molar-refractivity contribution in [2.45, 2.75) is 26.3 Å². The lowest BCUT2D eigenvalue weighted by molar-refractivity contribution is 0.624. The lowest BCUT2D eigenvalue weighted by atomic mass is 10.0. The Bertz CT molecular complexity index is 1510. The molecule has 1 atom stereocenters. The average Bonchev–Trinajstić information content (AvgIpc) is 3.27. The molecule has 0 saturated heterocycles. The van der Waals surface area contributed by atoms with Gasteiger partial charge in [-0.25, -0.2) is 19.3 Å². The van der Waals surface area contributed by atoms with Gasteiger partial charge >= 0.3 is 0 Å². The first-order valence-corrected chi connectivity index (χ1v) is 10.4. The molecular weight excluding hydrogens is 407 g/mol. The Kier molecular flexibility index (Phi) is 4.89. The van der Waals surface area contributed by atoms with Crippen LogP contribution in [0, 0.1) is 12.7 Å². The number of nitrogens with zero attached hydrogens (tertiary/aromatic N) is 4. The molecular formula is C24H21FN6O. The third kappa shape index (κ3) is 3.30. The molecule has 0 radical (unpaired) electrons. The Morgan fingerprint density at radius 1 is 1.12 bits per heavy atom. The summed E-state index contributed by atoms with van der Waals surface area (Å²) in [4.78, 5) is 29.5. The lowest BCUT2D eigenvalue weighted by Crippen LogP contribution is -2.27. The van der Waals surface area contributed by atoms with Gasteiger partial charge in [0.15, 0.2) is 11.5 Å². The van der Waals surface area contributed by atoms with Crippen LogP contribution in [0.2, 0.25) is 0 Å². The van der Waals surface area contributed by atoms with Crippen LogP contribution in [0.3, 0.4) is 0 Å². The molecule has 0 aliphatic carbocycles. The number of H-pyrrole nitrogens is 1. The van der Waals surface area contributed by atoms with Gasteiger partial charge in [-0.05, 0) is 48.6 Å². The maximum atomic E-state index is 14.1. The summed E-state index contributed by atoms with van der Waals surface area (Å²) in [6, 6.07) is 13.5. The average molecular weight is 428 g/mol. The molecule has 0 aliphatic rings. The van der Waals surface area contributed by atoms with Crippen molar-refractivity contribution in [3.8, 4) is 5.69 Å². The van der Waals surface area contributed by atoms with Gasteiger partial charge in [0.05, 0.1) is 23.4 Å². The minimum Gasteiger partial charge on any atom is -0.360 e. The second-order valence-corrected chi connectivity index (χ2v) is 7.66. The van der Waals surface area contributed by atoms with Gasteiger partial charge in [-0.3, -0.25) is 9.36 Å². The fraction of sp³-hybridized carbons (Fsp3) is 0.167. The molecule has 0 saturated carbocycles. The molecule has 0 unspecified atom stereocenters. The summed E-state index contributed by atoms with van der Waals surface area (Å²) in [5, 5.41) is 4.87. The maximum Gasteiger partial charge on any atom is 0.263 e. The summed E-state index contributed by atoms with van der Waals surface area (Å²) in [6.07, 6.45) is 3.67. The van der Waals surface area contributed by atoms with E-state index in [4.69, 9.17) is 0 Å². The zero-order valence-corrected chi connectivity index (χ0v) is 17.6. The van der Waals surface area contributed by atoms with Gasteiger partial charge in [0.25, 0.3) is 5.56 Å². The number of halogens is 1. The number of aromatic nitrogens is 5. The van der Waals surface area contributed by atoms with E-state index in [0.717, 1.165) is 10.9 Å². The first-order chi connectivity index (χ1) is 15.6. The molecule has 8 heteroatoms. The van der Waals surface area contributed by atoms with Crippen molar-refractivity contribution < 1.29 is 4.39 Å². The van der Waals surface area contributed by atoms with Gasteiger partial charge in [-0.15, -0.1) is 0 Å². The molecule has 32 heavy (non-hydrogen) atoms. The molecule has 3 heterocycles. The predicted molar refractivity (Wildman–Crippen MR) is 123 cm³/mol. The number of benzene rings is 2. The van der Waals surface area contributed by atoms with Gasteiger partial charge in [-0.1, -0.05) is 31.2 Å². The number of aromatic amines is 1. The van der Waals surface area contributed by atoms with Crippen molar-refractivity contribution in [1.82, 2.24) is 24.5 Å². The van der Waals surface area contributed by atoms with Gasteiger partial charge in [0.2, 0.25) is 0 Å². The summed E-state index contributed by atoms with van der Waals surface area (Å²) in [5.74, 6) is 0.158. The van der Waals surface area contributed by atoms with Gasteiger partial charge in [0.1, 0.15) is 17.7 Å². The van der Waals surface area contributed by atoms with Gasteiger partial charge < -0.3 is 10.3 Å². The highest BCUT2D eigenvalue weighted by molar-refractivity contribution is 5.86. The SMILES string of the molecule is CC[C@H](Nc1ncnc2[nH]cnc12)c1cc2cccc(C)c2c(=O)n1-c1cccc(F)c1. The molecule has 0 amide bonds. The first-order valence-electron chi connectivity index (χ1n) is 10.4. The fourth-order valence-corrected chi connectivity index (χ4v) is 4.11. The monoisotopic (exact) mass is 428 g/mol. The number of fused-ring (bicyclic) bond motifs is 2. The maximum absolute atomic E-state index is 14.1. The normalized spacial score (nSPS) is 12.3. The summed E-state index contributed by atoms with van der Waals surface area (Å²) in [7, 11) is 0. The smallest absolute Gasteiger partial charge is 0.263 e. The standard InChI is InChI=1S/C24H21FN6O/c1-3-18(30-23-21-22(27-12-26-21)28-13-29-23)19-10-15-7-4-6-14(2)20(15)24(32)31(19)17-9-5-8-16(25)11-17/h4-13,18H,3H2,1-2H3,(H2,26,27,28,29,30)/t18-/m0/s1. The number of hydrogen-bond acceptors (Lipinski definition) is 5. The van der Waals surface area contributed by atoms with Crippen LogP contribution in [0.15, 0.2) is 66.0 Å². The second kappa shape index (κ2) is 7.88. The number of nitrogens with one attached hydrogen (secondary N) is 2. The van der Waals surface area contributed by atoms with Gasteiger partial charge in [-0.2, -0.15) is 0 Å². The fourth-order valence-electron chi connectivity index (χ4n) is 4.11. The first kappa shape index (κ1) is 19.9. The van der Waals surface area contributed by atoms with E-state index in [-0.39, 0.29) is 11.6 Å². The van der Waals surface area contributed by atoms with E-state index in [1.54, 1.807) is 23.0 Å². The van der Waals surface area contributed by atoms with Crippen LogP contribution in [-0.4, -0.2) is 24.5 Å². The topological polar surface area (TPSA) is 88.5 Å². The Morgan fingerprint density at radius 2 is 1.97 bits per heavy atom. The van der Waals surface area contributed by atoms with Crippen LogP contribution in [0.5, 0.6) is 0 Å². The highest BCUT2D eigenvalue weighted by Crippen LogP contribution is 2.28. The van der Waals surface area contributed by atoms with Crippen LogP contribution >= 0.6 is 0 Å². The molecule has 5 rings (SSSR count). The zero-order valence-electron chi connectivity index (χ0n) is 17.6. The summed E-state index contributed by atoms with van der Waals surface area (Å²) < 4.78 is 15.7. The molecule has 2 aromatic carbocycles. The minimum absolute atomic E-state index is 0.186. The molecule has 2 N–H and O–H groups in total. The van der Waals surface area contributed by atoms with E-state index in [1.165, 1.54) is 18.5 Å². The van der Waals surface area contributed by atoms with Crippen molar-refractivity contribution in [3.63, 3.8) is 0 Å². The Labute approximate surface area is 183 Å². The molecule has 0 aliphatic heterocycles. The van der Waals surface area contributed by atoms with Crippen molar-refractivity contribution >= 4 is 27.8 Å². The van der Waals surface area contributed by atoms with Crippen LogP contribution < -0.4 is 10.9 Å². The van der Waals surface area contributed by atoms with Crippen LogP contribution in [0.4, 0.5) is 10.2 Å². The highest BCUT2D eigenvalue weighted by Gasteiger charge is 2.21. The molecule has 0 bridgehead atoms. The van der Waals surface area contributed by atoms with Crippen LogP contribution in [-0.2, 0) is 0 Å². The van der Waals surface area contributed by atoms with Crippen molar-refractivity contribution in [1.29, 1.82) is 0 Å². The Balaban J connectivity index is 1.75. The number of rotatable bonds is 5. The highest BCUT2D eigenvalue weighted by atomic mass is 19.1. The molecule has 3 aromatic heterocycles. The summed E-state index contributed by atoms with van der Waals surface area (Å²) in [6.45, 7) is 3.92. The van der Waals surface area contributed by atoms with Crippen molar-refractivity contribution in [2.75, 3.05) is 5.32 Å². The van der Waals surface area contributed by atoms with Crippen molar-refractivity contribution in [2.24, 2.45) is 0 Å². The van der Waals surface area contributed by atoms with Crippen molar-refractivity contribution in [3.05, 3.63) is 88.6 Å². The second-order valence-electron chi connectivity index (χ2n) is 7.66. The minimum atomic E-state index is -0.403. The van der Waals surface area contributed by atoms with Crippen LogP contribution in [0.1, 0.15) is 30.6 Å². The Morgan fingerprint density at radius 3 is 2.78 bits per heavy atom. The molecule has 7 nitrogen and oxygen atoms in total. The van der Waals surface area contributed by atoms with E-state index in [1.807, 2.05) is 38.1 Å². The Hall–Kier alpha value is -4.07. The van der Waals surface area contributed by atoms with E-state index in [9.17, 15) is 9.18 Å².